The number of benzene rings is 2. The Morgan fingerprint density at radius 2 is 1.94 bits per heavy atom. The molecular formula is C27H31N5O2S. The molecular weight excluding hydrogens is 458 g/mol. The van der Waals surface area contributed by atoms with Gasteiger partial charge in [0, 0.05) is 36.4 Å². The molecule has 0 unspecified atom stereocenters. The average Bonchev–Trinajstić information content (AvgIpc) is 3.60. The molecule has 0 radical (unpaired) electrons. The summed E-state index contributed by atoms with van der Waals surface area (Å²) < 4.78 is 1.91. The maximum atomic E-state index is 12.5. The van der Waals surface area contributed by atoms with Crippen LogP contribution in [0, 0.1) is 0 Å². The summed E-state index contributed by atoms with van der Waals surface area (Å²) >= 11 is 1.92. The van der Waals surface area contributed by atoms with E-state index in [0.717, 1.165) is 48.3 Å². The highest BCUT2D eigenvalue weighted by Gasteiger charge is 2.42. The molecule has 3 aromatic rings. The van der Waals surface area contributed by atoms with Crippen LogP contribution in [0.5, 0.6) is 0 Å². The SMILES string of the molecule is O=C(CCCC[C@@H]1SC[C@@H]2NC(=O)N[C@@H]21)NCc1ccccc1-c1ccc(Cn2cccn2)cc1. The van der Waals surface area contributed by atoms with Crippen LogP contribution in [0.3, 0.4) is 0 Å². The molecule has 3 N–H and O–H groups in total. The number of amides is 3. The summed E-state index contributed by atoms with van der Waals surface area (Å²) in [5, 5.41) is 13.8. The third-order valence-corrected chi connectivity index (χ3v) is 8.25. The first-order valence-electron chi connectivity index (χ1n) is 12.3. The van der Waals surface area contributed by atoms with Gasteiger partial charge >= 0.3 is 6.03 Å². The fourth-order valence-electron chi connectivity index (χ4n) is 4.88. The van der Waals surface area contributed by atoms with E-state index >= 15 is 0 Å². The minimum Gasteiger partial charge on any atom is -0.352 e. The number of carbonyl (C=O) groups is 2. The molecule has 3 atom stereocenters. The Morgan fingerprint density at radius 1 is 1.09 bits per heavy atom. The number of aromatic nitrogens is 2. The van der Waals surface area contributed by atoms with Crippen molar-refractivity contribution in [3.8, 4) is 11.1 Å². The summed E-state index contributed by atoms with van der Waals surface area (Å²) in [6, 6.07) is 19.1. The number of nitrogens with one attached hydrogen (secondary N) is 3. The number of carbonyl (C=O) groups excluding carboxylic acids is 2. The fourth-order valence-corrected chi connectivity index (χ4v) is 6.43. The minimum absolute atomic E-state index is 0.0462. The van der Waals surface area contributed by atoms with Gasteiger partial charge in [-0.1, -0.05) is 55.0 Å². The average molecular weight is 490 g/mol. The monoisotopic (exact) mass is 489 g/mol. The van der Waals surface area contributed by atoms with Crippen LogP contribution in [0.15, 0.2) is 67.0 Å². The highest BCUT2D eigenvalue weighted by molar-refractivity contribution is 8.00. The lowest BCUT2D eigenvalue weighted by Gasteiger charge is -2.16. The lowest BCUT2D eigenvalue weighted by atomic mass is 9.98. The molecule has 3 heterocycles. The Labute approximate surface area is 210 Å². The molecule has 0 saturated carbocycles. The number of fused-ring (bicyclic) bond motifs is 1. The summed E-state index contributed by atoms with van der Waals surface area (Å²) in [6.07, 6.45) is 7.16. The second kappa shape index (κ2) is 11.0. The van der Waals surface area contributed by atoms with E-state index in [4.69, 9.17) is 0 Å². The highest BCUT2D eigenvalue weighted by Crippen LogP contribution is 2.33. The van der Waals surface area contributed by atoms with Crippen LogP contribution in [0.25, 0.3) is 11.1 Å². The summed E-state index contributed by atoms with van der Waals surface area (Å²) in [4.78, 5) is 24.0. The first-order chi connectivity index (χ1) is 17.2. The summed E-state index contributed by atoms with van der Waals surface area (Å²) in [6.45, 7) is 1.27. The van der Waals surface area contributed by atoms with Crippen molar-refractivity contribution in [2.24, 2.45) is 0 Å². The second-order valence-corrected chi connectivity index (χ2v) is 10.5. The van der Waals surface area contributed by atoms with E-state index < -0.39 is 0 Å². The van der Waals surface area contributed by atoms with Gasteiger partial charge in [-0.15, -0.1) is 0 Å². The zero-order valence-electron chi connectivity index (χ0n) is 19.7. The summed E-state index contributed by atoms with van der Waals surface area (Å²) in [5.74, 6) is 1.06. The van der Waals surface area contributed by atoms with Crippen LogP contribution in [-0.2, 0) is 17.9 Å². The van der Waals surface area contributed by atoms with Crippen molar-refractivity contribution in [3.05, 3.63) is 78.1 Å². The maximum Gasteiger partial charge on any atom is 0.315 e. The van der Waals surface area contributed by atoms with E-state index in [9.17, 15) is 9.59 Å². The van der Waals surface area contributed by atoms with Crippen molar-refractivity contribution in [3.63, 3.8) is 0 Å². The Hall–Kier alpha value is -3.26. The largest absolute Gasteiger partial charge is 0.352 e. The smallest absolute Gasteiger partial charge is 0.315 e. The molecule has 0 aliphatic carbocycles. The Kier molecular flexibility index (Phi) is 7.37. The number of rotatable bonds is 10. The van der Waals surface area contributed by atoms with Crippen molar-refractivity contribution in [2.75, 3.05) is 5.75 Å². The standard InChI is InChI=1S/C27H31N5O2S/c33-25(9-4-3-8-24-26-23(18-35-24)30-27(34)31-26)28-16-21-6-1-2-7-22(21)20-12-10-19(11-13-20)17-32-15-5-14-29-32/h1-2,5-7,10-15,23-24,26H,3-4,8-9,16-18H2,(H,28,33)(H2,30,31,34)/t23-,24-,26-/m0/s1. The number of unbranched alkanes of at least 4 members (excludes halogenated alkanes) is 1. The van der Waals surface area contributed by atoms with E-state index in [1.54, 1.807) is 6.20 Å². The second-order valence-electron chi connectivity index (χ2n) is 9.20. The topological polar surface area (TPSA) is 88.0 Å². The molecule has 8 heteroatoms. The third kappa shape index (κ3) is 5.88. The first kappa shape index (κ1) is 23.5. The van der Waals surface area contributed by atoms with Crippen molar-refractivity contribution in [2.45, 2.75) is 56.1 Å². The van der Waals surface area contributed by atoms with Crippen molar-refractivity contribution in [1.29, 1.82) is 0 Å². The first-order valence-corrected chi connectivity index (χ1v) is 13.3. The van der Waals surface area contributed by atoms with Crippen molar-refractivity contribution >= 4 is 23.7 Å². The number of hydrogen-bond acceptors (Lipinski definition) is 4. The molecule has 1 aromatic heterocycles. The third-order valence-electron chi connectivity index (χ3n) is 6.74. The molecule has 7 nitrogen and oxygen atoms in total. The molecule has 0 spiro atoms. The normalized spacial score (nSPS) is 20.8. The quantitative estimate of drug-likeness (QED) is 0.297. The van der Waals surface area contributed by atoms with Gasteiger partial charge in [-0.05, 0) is 41.2 Å². The minimum atomic E-state index is -0.0462. The molecule has 182 valence electrons. The van der Waals surface area contributed by atoms with Crippen LogP contribution in [0.4, 0.5) is 4.79 Å². The van der Waals surface area contributed by atoms with Gasteiger partial charge in [0.05, 0.1) is 18.6 Å². The number of hydrogen-bond donors (Lipinski definition) is 3. The maximum absolute atomic E-state index is 12.5. The van der Waals surface area contributed by atoms with E-state index in [1.807, 2.05) is 40.8 Å². The molecule has 0 bridgehead atoms. The number of nitrogens with zero attached hydrogens (tertiary/aromatic N) is 2. The molecule has 2 aliphatic heterocycles. The molecule has 2 aromatic carbocycles. The summed E-state index contributed by atoms with van der Waals surface area (Å²) in [5.41, 5.74) is 4.58. The van der Waals surface area contributed by atoms with Gasteiger partial charge in [0.25, 0.3) is 0 Å². The van der Waals surface area contributed by atoms with Gasteiger partial charge in [-0.3, -0.25) is 9.48 Å². The van der Waals surface area contributed by atoms with E-state index in [-0.39, 0.29) is 24.0 Å². The molecule has 2 aliphatic rings. The summed E-state index contributed by atoms with van der Waals surface area (Å²) in [7, 11) is 0. The van der Waals surface area contributed by atoms with Gasteiger partial charge in [-0.25, -0.2) is 4.79 Å². The van der Waals surface area contributed by atoms with Crippen molar-refractivity contribution < 1.29 is 9.59 Å². The van der Waals surface area contributed by atoms with Gasteiger partial charge in [0.15, 0.2) is 0 Å². The number of thioether (sulfide) groups is 1. The Bertz CT molecular complexity index is 1150. The molecule has 5 rings (SSSR count). The van der Waals surface area contributed by atoms with Crippen LogP contribution in [0.2, 0.25) is 0 Å². The molecule has 2 fully saturated rings. The predicted octanol–water partition coefficient (Wildman–Crippen LogP) is 3.94. The fraction of sp³-hybridized carbons (Fsp3) is 0.370. The Morgan fingerprint density at radius 3 is 2.77 bits per heavy atom. The zero-order valence-corrected chi connectivity index (χ0v) is 20.5. The predicted molar refractivity (Wildman–Crippen MR) is 139 cm³/mol. The van der Waals surface area contributed by atoms with E-state index in [2.05, 4.69) is 57.4 Å². The zero-order chi connectivity index (χ0) is 24.0. The van der Waals surface area contributed by atoms with E-state index in [1.165, 1.54) is 5.56 Å². The molecule has 3 amide bonds. The van der Waals surface area contributed by atoms with Crippen LogP contribution in [-0.4, -0.2) is 44.8 Å². The van der Waals surface area contributed by atoms with Crippen molar-refractivity contribution in [1.82, 2.24) is 25.7 Å². The van der Waals surface area contributed by atoms with Crippen LogP contribution < -0.4 is 16.0 Å². The lowest BCUT2D eigenvalue weighted by molar-refractivity contribution is -0.121. The van der Waals surface area contributed by atoms with Gasteiger partial charge < -0.3 is 16.0 Å². The van der Waals surface area contributed by atoms with E-state index in [0.29, 0.717) is 18.2 Å². The molecule has 35 heavy (non-hydrogen) atoms. The highest BCUT2D eigenvalue weighted by atomic mass is 32.2. The van der Waals surface area contributed by atoms with Crippen LogP contribution in [0.1, 0.15) is 36.8 Å². The molecule has 2 saturated heterocycles. The number of urea groups is 1. The van der Waals surface area contributed by atoms with Gasteiger partial charge in [0.1, 0.15) is 0 Å². The van der Waals surface area contributed by atoms with Gasteiger partial charge in [0.2, 0.25) is 5.91 Å². The van der Waals surface area contributed by atoms with Crippen LogP contribution >= 0.6 is 11.8 Å². The van der Waals surface area contributed by atoms with Gasteiger partial charge in [-0.2, -0.15) is 16.9 Å². The Balaban J connectivity index is 1.08. The lowest BCUT2D eigenvalue weighted by Crippen LogP contribution is -2.36.